The molecular formula is C16H17N3O3. The highest BCUT2D eigenvalue weighted by Gasteiger charge is 2.52. The van der Waals surface area contributed by atoms with Crippen LogP contribution in [0.25, 0.3) is 0 Å². The molecule has 2 N–H and O–H groups in total. The van der Waals surface area contributed by atoms with Gasteiger partial charge in [-0.15, -0.1) is 0 Å². The second kappa shape index (κ2) is 4.56. The van der Waals surface area contributed by atoms with Crippen LogP contribution in [-0.4, -0.2) is 41.4 Å². The monoisotopic (exact) mass is 299 g/mol. The summed E-state index contributed by atoms with van der Waals surface area (Å²) in [5.74, 6) is -0.373. The number of benzene rings is 1. The standard InChI is InChI=1S/C16H17N3O3/c20-13(12-6-5-10-3-1-2-4-11(10)12)19-8-7-16(9-19)14(21)17-15(22)18-16/h1-4,12H,5-9H2,(H2,17,18,21,22)/t12-,16+/m1/s1. The van der Waals surface area contributed by atoms with Crippen molar-refractivity contribution in [3.8, 4) is 0 Å². The first-order chi connectivity index (χ1) is 10.6. The average Bonchev–Trinajstić information content (AvgIpc) is 3.17. The summed E-state index contributed by atoms with van der Waals surface area (Å²) in [6.45, 7) is 0.771. The first-order valence-electron chi connectivity index (χ1n) is 7.59. The van der Waals surface area contributed by atoms with Crippen LogP contribution >= 0.6 is 0 Å². The summed E-state index contributed by atoms with van der Waals surface area (Å²) < 4.78 is 0. The zero-order valence-corrected chi connectivity index (χ0v) is 12.1. The predicted molar refractivity (Wildman–Crippen MR) is 78.1 cm³/mol. The normalized spacial score (nSPS) is 29.6. The van der Waals surface area contributed by atoms with Gasteiger partial charge >= 0.3 is 6.03 Å². The number of carbonyl (C=O) groups is 3. The van der Waals surface area contributed by atoms with Crippen LogP contribution in [0.3, 0.4) is 0 Å². The molecule has 2 saturated heterocycles. The zero-order valence-electron chi connectivity index (χ0n) is 12.1. The number of imide groups is 1. The maximum Gasteiger partial charge on any atom is 0.322 e. The van der Waals surface area contributed by atoms with Gasteiger partial charge in [0.1, 0.15) is 5.54 Å². The topological polar surface area (TPSA) is 78.5 Å². The number of fused-ring (bicyclic) bond motifs is 1. The van der Waals surface area contributed by atoms with E-state index >= 15 is 0 Å². The Kier molecular flexibility index (Phi) is 2.76. The number of rotatable bonds is 1. The lowest BCUT2D eigenvalue weighted by molar-refractivity contribution is -0.132. The molecule has 22 heavy (non-hydrogen) atoms. The van der Waals surface area contributed by atoms with Crippen LogP contribution in [0.5, 0.6) is 0 Å². The number of hydrogen-bond donors (Lipinski definition) is 2. The third-order valence-corrected chi connectivity index (χ3v) is 5.03. The Morgan fingerprint density at radius 2 is 2.09 bits per heavy atom. The van der Waals surface area contributed by atoms with Gasteiger partial charge in [-0.3, -0.25) is 14.9 Å². The fourth-order valence-corrected chi connectivity index (χ4v) is 3.85. The van der Waals surface area contributed by atoms with E-state index in [-0.39, 0.29) is 24.3 Å². The van der Waals surface area contributed by atoms with Crippen molar-refractivity contribution in [2.75, 3.05) is 13.1 Å². The molecule has 2 atom stereocenters. The van der Waals surface area contributed by atoms with E-state index in [4.69, 9.17) is 0 Å². The van der Waals surface area contributed by atoms with E-state index in [0.29, 0.717) is 13.0 Å². The fraction of sp³-hybridized carbons (Fsp3) is 0.438. The minimum absolute atomic E-state index is 0.0655. The van der Waals surface area contributed by atoms with Gasteiger partial charge in [-0.05, 0) is 30.4 Å². The molecule has 6 heteroatoms. The Morgan fingerprint density at radius 3 is 2.86 bits per heavy atom. The van der Waals surface area contributed by atoms with Gasteiger partial charge in [0, 0.05) is 6.54 Å². The van der Waals surface area contributed by atoms with Gasteiger partial charge in [0.15, 0.2) is 0 Å². The summed E-state index contributed by atoms with van der Waals surface area (Å²) in [5, 5.41) is 4.95. The number of nitrogens with zero attached hydrogens (tertiary/aromatic N) is 1. The average molecular weight is 299 g/mol. The second-order valence-corrected chi connectivity index (χ2v) is 6.29. The molecule has 1 aliphatic carbocycles. The highest BCUT2D eigenvalue weighted by molar-refractivity contribution is 6.07. The lowest BCUT2D eigenvalue weighted by Gasteiger charge is -2.23. The third kappa shape index (κ3) is 1.83. The van der Waals surface area contributed by atoms with Gasteiger partial charge in [0.25, 0.3) is 5.91 Å². The second-order valence-electron chi connectivity index (χ2n) is 6.29. The molecule has 3 aliphatic rings. The van der Waals surface area contributed by atoms with Crippen LogP contribution in [0.1, 0.15) is 29.9 Å². The molecule has 6 nitrogen and oxygen atoms in total. The molecule has 1 spiro atoms. The Balaban J connectivity index is 1.54. The third-order valence-electron chi connectivity index (χ3n) is 5.03. The Morgan fingerprint density at radius 1 is 1.27 bits per heavy atom. The number of hydrogen-bond acceptors (Lipinski definition) is 3. The first-order valence-corrected chi connectivity index (χ1v) is 7.59. The minimum Gasteiger partial charge on any atom is -0.339 e. The van der Waals surface area contributed by atoms with Crippen molar-refractivity contribution in [2.24, 2.45) is 0 Å². The van der Waals surface area contributed by atoms with Gasteiger partial charge in [-0.1, -0.05) is 24.3 Å². The number of likely N-dealkylation sites (tertiary alicyclic amines) is 1. The summed E-state index contributed by atoms with van der Waals surface area (Å²) in [4.78, 5) is 37.9. The number of carbonyl (C=O) groups excluding carboxylic acids is 3. The quantitative estimate of drug-likeness (QED) is 0.742. The lowest BCUT2D eigenvalue weighted by atomic mass is 9.98. The van der Waals surface area contributed by atoms with Gasteiger partial charge in [0.05, 0.1) is 12.5 Å². The molecule has 1 aromatic rings. The molecule has 0 unspecified atom stereocenters. The molecular weight excluding hydrogens is 282 g/mol. The zero-order chi connectivity index (χ0) is 15.3. The number of urea groups is 1. The summed E-state index contributed by atoms with van der Waals surface area (Å²) in [7, 11) is 0. The van der Waals surface area contributed by atoms with Crippen LogP contribution in [0.4, 0.5) is 4.79 Å². The Labute approximate surface area is 127 Å². The maximum atomic E-state index is 12.8. The molecule has 114 valence electrons. The Hall–Kier alpha value is -2.37. The van der Waals surface area contributed by atoms with Crippen molar-refractivity contribution in [1.82, 2.24) is 15.5 Å². The highest BCUT2D eigenvalue weighted by atomic mass is 16.2. The van der Waals surface area contributed by atoms with Crippen LogP contribution in [0, 0.1) is 0 Å². The van der Waals surface area contributed by atoms with E-state index in [1.165, 1.54) is 5.56 Å². The van der Waals surface area contributed by atoms with Crippen LogP contribution in [-0.2, 0) is 16.0 Å². The maximum absolute atomic E-state index is 12.8. The van der Waals surface area contributed by atoms with Crippen molar-refractivity contribution < 1.29 is 14.4 Å². The summed E-state index contributed by atoms with van der Waals surface area (Å²) >= 11 is 0. The van der Waals surface area contributed by atoms with Crippen LogP contribution in [0.2, 0.25) is 0 Å². The van der Waals surface area contributed by atoms with E-state index in [0.717, 1.165) is 18.4 Å². The van der Waals surface area contributed by atoms with Crippen molar-refractivity contribution in [3.05, 3.63) is 35.4 Å². The van der Waals surface area contributed by atoms with E-state index in [2.05, 4.69) is 16.7 Å². The molecule has 0 aromatic heterocycles. The van der Waals surface area contributed by atoms with E-state index in [1.807, 2.05) is 18.2 Å². The molecule has 4 rings (SSSR count). The van der Waals surface area contributed by atoms with E-state index in [1.54, 1.807) is 4.90 Å². The first kappa shape index (κ1) is 13.3. The van der Waals surface area contributed by atoms with Crippen LogP contribution in [0.15, 0.2) is 24.3 Å². The minimum atomic E-state index is -0.926. The molecule has 4 amide bonds. The van der Waals surface area contributed by atoms with Gasteiger partial charge in [-0.2, -0.15) is 0 Å². The summed E-state index contributed by atoms with van der Waals surface area (Å²) in [6, 6.07) is 7.57. The van der Waals surface area contributed by atoms with E-state index < -0.39 is 11.6 Å². The molecule has 2 aliphatic heterocycles. The molecule has 2 heterocycles. The smallest absolute Gasteiger partial charge is 0.322 e. The largest absolute Gasteiger partial charge is 0.339 e. The predicted octanol–water partition coefficient (Wildman–Crippen LogP) is 0.527. The molecule has 2 fully saturated rings. The molecule has 0 bridgehead atoms. The highest BCUT2D eigenvalue weighted by Crippen LogP contribution is 2.36. The Bertz CT molecular complexity index is 687. The van der Waals surface area contributed by atoms with Crippen LogP contribution < -0.4 is 10.6 Å². The van der Waals surface area contributed by atoms with Crippen molar-refractivity contribution in [1.29, 1.82) is 0 Å². The summed E-state index contributed by atoms with van der Waals surface area (Å²) in [6.07, 6.45) is 2.22. The lowest BCUT2D eigenvalue weighted by Crippen LogP contribution is -2.50. The van der Waals surface area contributed by atoms with Gasteiger partial charge in [-0.25, -0.2) is 4.79 Å². The SMILES string of the molecule is O=C1NC(=O)[C@@]2(CCN(C(=O)[C@@H]3CCc4ccccc43)C2)N1. The molecule has 0 radical (unpaired) electrons. The van der Waals surface area contributed by atoms with Crippen molar-refractivity contribution in [3.63, 3.8) is 0 Å². The number of aryl methyl sites for hydroxylation is 1. The number of nitrogens with one attached hydrogen (secondary N) is 2. The van der Waals surface area contributed by atoms with Gasteiger partial charge in [0.2, 0.25) is 5.91 Å². The molecule has 1 aromatic carbocycles. The van der Waals surface area contributed by atoms with E-state index in [9.17, 15) is 14.4 Å². The molecule has 0 saturated carbocycles. The number of amides is 4. The van der Waals surface area contributed by atoms with Crippen molar-refractivity contribution in [2.45, 2.75) is 30.7 Å². The fourth-order valence-electron chi connectivity index (χ4n) is 3.85. The van der Waals surface area contributed by atoms with Crippen molar-refractivity contribution >= 4 is 17.8 Å². The summed E-state index contributed by atoms with van der Waals surface area (Å²) in [5.41, 5.74) is 1.42. The van der Waals surface area contributed by atoms with Gasteiger partial charge < -0.3 is 10.2 Å².